The van der Waals surface area contributed by atoms with Crippen LogP contribution >= 0.6 is 12.4 Å². The first kappa shape index (κ1) is 20.0. The van der Waals surface area contributed by atoms with E-state index in [1.54, 1.807) is 31.2 Å². The second-order valence-electron chi connectivity index (χ2n) is 5.57. The van der Waals surface area contributed by atoms with E-state index in [0.29, 0.717) is 27.7 Å². The second kappa shape index (κ2) is 7.50. The number of rotatable bonds is 4. The van der Waals surface area contributed by atoms with E-state index in [9.17, 15) is 17.6 Å². The van der Waals surface area contributed by atoms with Gasteiger partial charge in [0.05, 0.1) is 0 Å². The standard InChI is InChI=1S/C16H15FN4O3S.ClH/c1-9(21-25(18,23)24)10-2-3-12(14(17)8-10)11-6-7-19-16-13(11)4-5-15(22)20-16;/h2-9,21H,1H3,(H2,18,23,24)(H,19,20,22);1H. The lowest BCUT2D eigenvalue weighted by Crippen LogP contribution is -2.33. The van der Waals surface area contributed by atoms with Gasteiger partial charge < -0.3 is 4.98 Å². The lowest BCUT2D eigenvalue weighted by Gasteiger charge is -2.14. The van der Waals surface area contributed by atoms with Gasteiger partial charge in [0, 0.05) is 29.3 Å². The molecule has 0 spiro atoms. The lowest BCUT2D eigenvalue weighted by molar-refractivity contribution is 0.566. The Kier molecular flexibility index (Phi) is 5.77. The average molecular weight is 399 g/mol. The van der Waals surface area contributed by atoms with Crippen LogP contribution in [0, 0.1) is 5.82 Å². The molecular formula is C16H16ClFN4O3S. The van der Waals surface area contributed by atoms with Gasteiger partial charge >= 0.3 is 0 Å². The maximum atomic E-state index is 14.6. The van der Waals surface area contributed by atoms with E-state index in [1.165, 1.54) is 18.3 Å². The van der Waals surface area contributed by atoms with Crippen LogP contribution in [-0.2, 0) is 10.2 Å². The van der Waals surface area contributed by atoms with Crippen LogP contribution < -0.4 is 15.4 Å². The molecule has 0 aliphatic heterocycles. The number of H-pyrrole nitrogens is 1. The summed E-state index contributed by atoms with van der Waals surface area (Å²) in [6.45, 7) is 1.56. The van der Waals surface area contributed by atoms with Crippen molar-refractivity contribution in [3.05, 3.63) is 64.3 Å². The number of hydrogen-bond acceptors (Lipinski definition) is 4. The molecule has 138 valence electrons. The monoisotopic (exact) mass is 398 g/mol. The summed E-state index contributed by atoms with van der Waals surface area (Å²) in [6, 6.07) is 8.29. The molecule has 4 N–H and O–H groups in total. The van der Waals surface area contributed by atoms with Gasteiger partial charge in [-0.2, -0.15) is 13.1 Å². The van der Waals surface area contributed by atoms with E-state index in [0.717, 1.165) is 0 Å². The van der Waals surface area contributed by atoms with Crippen LogP contribution in [0.3, 0.4) is 0 Å². The van der Waals surface area contributed by atoms with Crippen molar-refractivity contribution in [2.75, 3.05) is 0 Å². The minimum Gasteiger partial charge on any atom is -0.307 e. The molecule has 0 radical (unpaired) electrons. The summed E-state index contributed by atoms with van der Waals surface area (Å²) in [4.78, 5) is 18.1. The number of hydrogen-bond donors (Lipinski definition) is 3. The summed E-state index contributed by atoms with van der Waals surface area (Å²) in [7, 11) is -3.89. The van der Waals surface area contributed by atoms with E-state index in [1.807, 2.05) is 0 Å². The third-order valence-corrected chi connectivity index (χ3v) is 4.44. The number of nitrogens with one attached hydrogen (secondary N) is 2. The van der Waals surface area contributed by atoms with Crippen molar-refractivity contribution in [3.8, 4) is 11.1 Å². The molecule has 3 aromatic rings. The first-order valence-electron chi connectivity index (χ1n) is 7.32. The van der Waals surface area contributed by atoms with Crippen LogP contribution in [0.15, 0.2) is 47.4 Å². The fourth-order valence-corrected chi connectivity index (χ4v) is 3.26. The van der Waals surface area contributed by atoms with Gasteiger partial charge in [-0.15, -0.1) is 12.4 Å². The van der Waals surface area contributed by atoms with Gasteiger partial charge in [-0.1, -0.05) is 12.1 Å². The highest BCUT2D eigenvalue weighted by Gasteiger charge is 2.15. The van der Waals surface area contributed by atoms with Crippen molar-refractivity contribution in [1.29, 1.82) is 0 Å². The number of aromatic amines is 1. The number of aromatic nitrogens is 2. The third-order valence-electron chi connectivity index (χ3n) is 3.76. The Bertz CT molecular complexity index is 1120. The first-order valence-corrected chi connectivity index (χ1v) is 8.87. The fraction of sp³-hybridized carbons (Fsp3) is 0.125. The van der Waals surface area contributed by atoms with Crippen molar-refractivity contribution < 1.29 is 12.8 Å². The van der Waals surface area contributed by atoms with Gasteiger partial charge in [0.25, 0.3) is 10.2 Å². The largest absolute Gasteiger partial charge is 0.307 e. The van der Waals surface area contributed by atoms with Gasteiger partial charge in [0.15, 0.2) is 0 Å². The molecule has 0 aliphatic rings. The van der Waals surface area contributed by atoms with Crippen LogP contribution in [0.4, 0.5) is 4.39 Å². The van der Waals surface area contributed by atoms with Crippen LogP contribution in [0.1, 0.15) is 18.5 Å². The summed E-state index contributed by atoms with van der Waals surface area (Å²) in [6.07, 6.45) is 1.48. The number of benzene rings is 1. The Morgan fingerprint density at radius 1 is 1.19 bits per heavy atom. The predicted molar refractivity (Wildman–Crippen MR) is 99.7 cm³/mol. The summed E-state index contributed by atoms with van der Waals surface area (Å²) >= 11 is 0. The van der Waals surface area contributed by atoms with Gasteiger partial charge in [-0.3, -0.25) is 4.79 Å². The number of halogens is 2. The predicted octanol–water partition coefficient (Wildman–Crippen LogP) is 2.01. The molecule has 0 saturated heterocycles. The Balaban J connectivity index is 0.00000243. The van der Waals surface area contributed by atoms with E-state index in [-0.39, 0.29) is 18.0 Å². The zero-order valence-corrected chi connectivity index (χ0v) is 15.2. The van der Waals surface area contributed by atoms with Gasteiger partial charge in [0.1, 0.15) is 11.5 Å². The number of fused-ring (bicyclic) bond motifs is 1. The van der Waals surface area contributed by atoms with Crippen molar-refractivity contribution in [3.63, 3.8) is 0 Å². The minimum atomic E-state index is -3.89. The van der Waals surface area contributed by atoms with E-state index < -0.39 is 22.1 Å². The number of pyridine rings is 2. The van der Waals surface area contributed by atoms with Gasteiger partial charge in [-0.05, 0) is 36.2 Å². The van der Waals surface area contributed by atoms with E-state index in [4.69, 9.17) is 5.14 Å². The first-order chi connectivity index (χ1) is 11.7. The summed E-state index contributed by atoms with van der Waals surface area (Å²) in [5.41, 5.74) is 1.37. The molecular weight excluding hydrogens is 383 g/mol. The van der Waals surface area contributed by atoms with Crippen molar-refractivity contribution in [1.82, 2.24) is 14.7 Å². The maximum absolute atomic E-state index is 14.6. The molecule has 2 aromatic heterocycles. The third kappa shape index (κ3) is 4.25. The molecule has 26 heavy (non-hydrogen) atoms. The molecule has 2 heterocycles. The Hall–Kier alpha value is -2.33. The van der Waals surface area contributed by atoms with Crippen molar-refractivity contribution >= 4 is 33.6 Å². The Morgan fingerprint density at radius 2 is 1.92 bits per heavy atom. The molecule has 0 amide bonds. The Morgan fingerprint density at radius 3 is 2.58 bits per heavy atom. The van der Waals surface area contributed by atoms with E-state index >= 15 is 0 Å². The number of nitrogens with two attached hydrogens (primary N) is 1. The minimum absolute atomic E-state index is 0. The Labute approximate surface area is 155 Å². The fourth-order valence-electron chi connectivity index (χ4n) is 2.63. The average Bonchev–Trinajstić information content (AvgIpc) is 2.52. The molecule has 0 fully saturated rings. The molecule has 7 nitrogen and oxygen atoms in total. The summed E-state index contributed by atoms with van der Waals surface area (Å²) < 4.78 is 39.0. The molecule has 10 heteroatoms. The van der Waals surface area contributed by atoms with Crippen LogP contribution in [-0.4, -0.2) is 18.4 Å². The van der Waals surface area contributed by atoms with Crippen LogP contribution in [0.25, 0.3) is 22.2 Å². The molecule has 1 atom stereocenters. The number of nitrogens with zero attached hydrogens (tertiary/aromatic N) is 1. The smallest absolute Gasteiger partial charge is 0.274 e. The maximum Gasteiger partial charge on any atom is 0.274 e. The second-order valence-corrected chi connectivity index (χ2v) is 6.89. The van der Waals surface area contributed by atoms with Crippen LogP contribution in [0.5, 0.6) is 0 Å². The SMILES string of the molecule is CC(NS(N)(=O)=O)c1ccc(-c2ccnc3[nH]c(=O)ccc23)c(F)c1.Cl. The highest BCUT2D eigenvalue weighted by Crippen LogP contribution is 2.30. The highest BCUT2D eigenvalue weighted by molar-refractivity contribution is 7.87. The van der Waals surface area contributed by atoms with Gasteiger partial charge in [0.2, 0.25) is 5.56 Å². The highest BCUT2D eigenvalue weighted by atomic mass is 35.5. The summed E-state index contributed by atoms with van der Waals surface area (Å²) in [5, 5.41) is 5.54. The van der Waals surface area contributed by atoms with E-state index in [2.05, 4.69) is 14.7 Å². The quantitative estimate of drug-likeness (QED) is 0.622. The van der Waals surface area contributed by atoms with Crippen molar-refractivity contribution in [2.45, 2.75) is 13.0 Å². The molecule has 0 saturated carbocycles. The zero-order valence-electron chi connectivity index (χ0n) is 13.6. The lowest BCUT2D eigenvalue weighted by atomic mass is 9.99. The molecule has 0 aliphatic carbocycles. The molecule has 1 aromatic carbocycles. The topological polar surface area (TPSA) is 118 Å². The van der Waals surface area contributed by atoms with Crippen molar-refractivity contribution in [2.24, 2.45) is 5.14 Å². The zero-order chi connectivity index (χ0) is 18.2. The van der Waals surface area contributed by atoms with Crippen LogP contribution in [0.2, 0.25) is 0 Å². The summed E-state index contributed by atoms with van der Waals surface area (Å²) in [5.74, 6) is -0.528. The molecule has 0 bridgehead atoms. The molecule has 1 unspecified atom stereocenters. The normalized spacial score (nSPS) is 12.6. The molecule has 3 rings (SSSR count). The van der Waals surface area contributed by atoms with Gasteiger partial charge in [-0.25, -0.2) is 14.5 Å².